The monoisotopic (exact) mass is 470 g/mol. The van der Waals surface area contributed by atoms with Gasteiger partial charge < -0.3 is 4.90 Å². The van der Waals surface area contributed by atoms with Crippen molar-refractivity contribution in [1.82, 2.24) is 14.3 Å². The summed E-state index contributed by atoms with van der Waals surface area (Å²) in [7, 11) is -4.09. The van der Waals surface area contributed by atoms with Crippen molar-refractivity contribution in [2.75, 3.05) is 17.8 Å². The third-order valence-corrected chi connectivity index (χ3v) is 7.49. The highest BCUT2D eigenvalue weighted by molar-refractivity contribution is 7.92. The van der Waals surface area contributed by atoms with E-state index in [1.165, 1.54) is 36.1 Å². The standard InChI is InChI=1S/C18H16Cl2N4O3S2/c19-13-8-11(18(25)24-6-2-1-3-7-24)15(9-14(13)20)23-29(26,27)17-12-10-22-28-16(12)4-5-21-17/h4-5,8-10,23H,1-3,6-7H2. The van der Waals surface area contributed by atoms with Crippen LogP contribution in [0, 0.1) is 0 Å². The number of nitrogens with zero attached hydrogens (tertiary/aromatic N) is 3. The molecule has 3 aromatic rings. The first kappa shape index (κ1) is 20.3. The molecule has 2 aromatic heterocycles. The third kappa shape index (κ3) is 4.05. The lowest BCUT2D eigenvalue weighted by molar-refractivity contribution is 0.0725. The van der Waals surface area contributed by atoms with Gasteiger partial charge in [0.05, 0.1) is 37.6 Å². The Morgan fingerprint density at radius 2 is 1.86 bits per heavy atom. The molecule has 0 saturated carbocycles. The molecule has 1 saturated heterocycles. The minimum absolute atomic E-state index is 0.0666. The number of nitrogens with one attached hydrogen (secondary N) is 1. The number of anilines is 1. The van der Waals surface area contributed by atoms with Gasteiger partial charge in [0, 0.05) is 19.3 Å². The van der Waals surface area contributed by atoms with Gasteiger partial charge in [-0.15, -0.1) is 0 Å². The van der Waals surface area contributed by atoms with Crippen molar-refractivity contribution in [2.45, 2.75) is 24.3 Å². The molecule has 0 radical (unpaired) electrons. The maximum atomic E-state index is 13.1. The summed E-state index contributed by atoms with van der Waals surface area (Å²) in [5.74, 6) is -0.288. The first-order chi connectivity index (χ1) is 13.9. The van der Waals surface area contributed by atoms with E-state index >= 15 is 0 Å². The van der Waals surface area contributed by atoms with E-state index in [1.54, 1.807) is 11.0 Å². The van der Waals surface area contributed by atoms with Gasteiger partial charge in [-0.25, -0.2) is 4.98 Å². The van der Waals surface area contributed by atoms with E-state index in [1.807, 2.05) is 0 Å². The predicted molar refractivity (Wildman–Crippen MR) is 114 cm³/mol. The number of halogens is 2. The first-order valence-electron chi connectivity index (χ1n) is 8.87. The summed E-state index contributed by atoms with van der Waals surface area (Å²) in [4.78, 5) is 18.8. The second kappa shape index (κ2) is 8.06. The van der Waals surface area contributed by atoms with Crippen LogP contribution < -0.4 is 4.72 Å². The van der Waals surface area contributed by atoms with Crippen molar-refractivity contribution >= 4 is 66.4 Å². The summed E-state index contributed by atoms with van der Waals surface area (Å²) in [6, 6.07) is 4.44. The smallest absolute Gasteiger partial charge is 0.280 e. The molecule has 0 unspecified atom stereocenters. The zero-order valence-electron chi connectivity index (χ0n) is 15.1. The summed E-state index contributed by atoms with van der Waals surface area (Å²) >= 11 is 13.4. The molecule has 0 bridgehead atoms. The average molecular weight is 471 g/mol. The quantitative estimate of drug-likeness (QED) is 0.608. The van der Waals surface area contributed by atoms with Gasteiger partial charge in [0.1, 0.15) is 0 Å². The fourth-order valence-electron chi connectivity index (χ4n) is 3.25. The van der Waals surface area contributed by atoms with E-state index in [-0.39, 0.29) is 32.2 Å². The van der Waals surface area contributed by atoms with E-state index in [2.05, 4.69) is 14.1 Å². The molecule has 1 aromatic carbocycles. The van der Waals surface area contributed by atoms with Gasteiger partial charge in [-0.05, 0) is 49.0 Å². The summed E-state index contributed by atoms with van der Waals surface area (Å²) in [5.41, 5.74) is 0.220. The molecule has 152 valence electrons. The van der Waals surface area contributed by atoms with Gasteiger partial charge in [0.2, 0.25) is 0 Å². The highest BCUT2D eigenvalue weighted by Gasteiger charge is 2.26. The maximum absolute atomic E-state index is 13.1. The summed E-state index contributed by atoms with van der Waals surface area (Å²) in [6.45, 7) is 1.24. The van der Waals surface area contributed by atoms with Gasteiger partial charge in [-0.2, -0.15) is 12.8 Å². The van der Waals surface area contributed by atoms with Crippen LogP contribution in [0.15, 0.2) is 35.6 Å². The van der Waals surface area contributed by atoms with Crippen LogP contribution in [-0.2, 0) is 10.0 Å². The number of carbonyl (C=O) groups is 1. The molecule has 0 spiro atoms. The number of likely N-dealkylation sites (tertiary alicyclic amines) is 1. The normalized spacial score (nSPS) is 14.9. The fourth-order valence-corrected chi connectivity index (χ4v) is 5.49. The molecule has 1 N–H and O–H groups in total. The summed E-state index contributed by atoms with van der Waals surface area (Å²) < 4.78 is 33.3. The van der Waals surface area contributed by atoms with Gasteiger partial charge in [-0.3, -0.25) is 9.52 Å². The number of benzene rings is 1. The van der Waals surface area contributed by atoms with Gasteiger partial charge in [-0.1, -0.05) is 23.2 Å². The second-order valence-electron chi connectivity index (χ2n) is 6.62. The number of fused-ring (bicyclic) bond motifs is 1. The molecule has 1 aliphatic rings. The van der Waals surface area contributed by atoms with Crippen molar-refractivity contribution in [3.8, 4) is 0 Å². The first-order valence-corrected chi connectivity index (χ1v) is 11.9. The maximum Gasteiger partial charge on any atom is 0.280 e. The minimum atomic E-state index is -4.09. The van der Waals surface area contributed by atoms with Gasteiger partial charge in [0.25, 0.3) is 15.9 Å². The van der Waals surface area contributed by atoms with Crippen molar-refractivity contribution in [3.63, 3.8) is 0 Å². The number of sulfonamides is 1. The van der Waals surface area contributed by atoms with Crippen molar-refractivity contribution < 1.29 is 13.2 Å². The topological polar surface area (TPSA) is 92.3 Å². The van der Waals surface area contributed by atoms with E-state index in [4.69, 9.17) is 23.2 Å². The lowest BCUT2D eigenvalue weighted by Crippen LogP contribution is -2.36. The highest BCUT2D eigenvalue weighted by Crippen LogP contribution is 2.33. The van der Waals surface area contributed by atoms with Crippen LogP contribution in [0.25, 0.3) is 10.1 Å². The molecular weight excluding hydrogens is 455 g/mol. The molecule has 7 nitrogen and oxygen atoms in total. The Balaban J connectivity index is 1.75. The Labute approximate surface area is 181 Å². The van der Waals surface area contributed by atoms with E-state index in [0.29, 0.717) is 23.2 Å². The van der Waals surface area contributed by atoms with E-state index < -0.39 is 10.0 Å². The molecule has 4 rings (SSSR count). The van der Waals surface area contributed by atoms with E-state index in [9.17, 15) is 13.2 Å². The minimum Gasteiger partial charge on any atom is -0.339 e. The number of aromatic nitrogens is 2. The number of hydrogen-bond acceptors (Lipinski definition) is 6. The van der Waals surface area contributed by atoms with Crippen LogP contribution >= 0.6 is 34.7 Å². The lowest BCUT2D eigenvalue weighted by Gasteiger charge is -2.27. The highest BCUT2D eigenvalue weighted by atomic mass is 35.5. The zero-order valence-corrected chi connectivity index (χ0v) is 18.2. The van der Waals surface area contributed by atoms with Crippen LogP contribution in [0.4, 0.5) is 5.69 Å². The Bertz CT molecular complexity index is 1190. The zero-order chi connectivity index (χ0) is 20.6. The van der Waals surface area contributed by atoms with Crippen LogP contribution in [0.5, 0.6) is 0 Å². The molecule has 0 atom stereocenters. The van der Waals surface area contributed by atoms with Crippen molar-refractivity contribution in [3.05, 3.63) is 46.2 Å². The molecule has 1 amide bonds. The molecule has 29 heavy (non-hydrogen) atoms. The van der Waals surface area contributed by atoms with E-state index in [0.717, 1.165) is 19.3 Å². The second-order valence-corrected chi connectivity index (χ2v) is 9.87. The average Bonchev–Trinajstić information content (AvgIpc) is 3.19. The SMILES string of the molecule is O=C(c1cc(Cl)c(Cl)cc1NS(=O)(=O)c1nccc2sncc12)N1CCCCC1. The molecule has 3 heterocycles. The van der Waals surface area contributed by atoms with Crippen LogP contribution in [0.2, 0.25) is 10.0 Å². The van der Waals surface area contributed by atoms with Gasteiger partial charge in [0.15, 0.2) is 5.03 Å². The fraction of sp³-hybridized carbons (Fsp3) is 0.278. The van der Waals surface area contributed by atoms with Crippen LogP contribution in [0.1, 0.15) is 29.6 Å². The Kier molecular flexibility index (Phi) is 5.65. The number of rotatable bonds is 4. The van der Waals surface area contributed by atoms with Crippen LogP contribution in [-0.4, -0.2) is 41.7 Å². The summed E-state index contributed by atoms with van der Waals surface area (Å²) in [6.07, 6.45) is 5.74. The molecule has 0 aliphatic carbocycles. The van der Waals surface area contributed by atoms with Crippen molar-refractivity contribution in [1.29, 1.82) is 0 Å². The number of pyridine rings is 1. The molecular formula is C18H16Cl2N4O3S2. The number of piperidine rings is 1. The molecule has 1 fully saturated rings. The van der Waals surface area contributed by atoms with Gasteiger partial charge >= 0.3 is 0 Å². The number of hydrogen-bond donors (Lipinski definition) is 1. The van der Waals surface area contributed by atoms with Crippen LogP contribution in [0.3, 0.4) is 0 Å². The Morgan fingerprint density at radius 1 is 1.14 bits per heavy atom. The number of amides is 1. The third-order valence-electron chi connectivity index (χ3n) is 4.68. The summed E-state index contributed by atoms with van der Waals surface area (Å²) in [5, 5.41) is 0.570. The lowest BCUT2D eigenvalue weighted by atomic mass is 10.1. The van der Waals surface area contributed by atoms with Crippen molar-refractivity contribution in [2.24, 2.45) is 0 Å². The number of carbonyl (C=O) groups excluding carboxylic acids is 1. The predicted octanol–water partition coefficient (Wildman–Crippen LogP) is 4.43. The molecule has 1 aliphatic heterocycles. The Morgan fingerprint density at radius 3 is 2.62 bits per heavy atom. The largest absolute Gasteiger partial charge is 0.339 e. The Hall–Kier alpha value is -1.94. The molecule has 11 heteroatoms.